The second-order valence-corrected chi connectivity index (χ2v) is 8.31. The van der Waals surface area contributed by atoms with Crippen LogP contribution in [-0.4, -0.2) is 51.1 Å². The number of benzene rings is 1. The van der Waals surface area contributed by atoms with E-state index in [9.17, 15) is 13.2 Å². The normalized spacial score (nSPS) is 16.9. The lowest BCUT2D eigenvalue weighted by Crippen LogP contribution is -2.46. The predicted octanol–water partition coefficient (Wildman–Crippen LogP) is 1.90. The molecule has 1 fully saturated rings. The summed E-state index contributed by atoms with van der Waals surface area (Å²) in [6, 6.07) is 5.35. The number of aryl methyl sites for hydroxylation is 1. The van der Waals surface area contributed by atoms with Gasteiger partial charge in [-0.15, -0.1) is 0 Å². The van der Waals surface area contributed by atoms with Crippen LogP contribution in [0.2, 0.25) is 0 Å². The van der Waals surface area contributed by atoms with Crippen LogP contribution in [-0.2, 0) is 10.0 Å². The molecule has 25 heavy (non-hydrogen) atoms. The topological polar surface area (TPSA) is 88.8 Å². The summed E-state index contributed by atoms with van der Waals surface area (Å²) >= 11 is 0. The molecule has 1 amide bonds. The third kappa shape index (κ3) is 3.64. The van der Waals surface area contributed by atoms with Gasteiger partial charge in [-0.1, -0.05) is 0 Å². The van der Waals surface area contributed by atoms with Crippen molar-refractivity contribution in [3.05, 3.63) is 29.5 Å². The maximum atomic E-state index is 12.6. The van der Waals surface area contributed by atoms with Gasteiger partial charge in [-0.05, 0) is 38.0 Å². The summed E-state index contributed by atoms with van der Waals surface area (Å²) < 4.78 is 35.4. The number of nitrogens with zero attached hydrogens (tertiary/aromatic N) is 1. The second-order valence-electron chi connectivity index (χ2n) is 6.33. The highest BCUT2D eigenvalue weighted by Crippen LogP contribution is 2.29. The largest absolute Gasteiger partial charge is 0.497 e. The number of hydrogen-bond donors (Lipinski definition) is 1. The van der Waals surface area contributed by atoms with Crippen LogP contribution in [0.15, 0.2) is 22.6 Å². The van der Waals surface area contributed by atoms with E-state index in [0.29, 0.717) is 37.3 Å². The van der Waals surface area contributed by atoms with Crippen molar-refractivity contribution >= 4 is 26.9 Å². The van der Waals surface area contributed by atoms with Gasteiger partial charge in [0.25, 0.3) is 5.91 Å². The molecule has 0 unspecified atom stereocenters. The minimum atomic E-state index is -3.17. The molecule has 0 atom stereocenters. The number of amides is 1. The van der Waals surface area contributed by atoms with Gasteiger partial charge in [0.05, 0.1) is 13.4 Å². The van der Waals surface area contributed by atoms with Crippen LogP contribution >= 0.6 is 0 Å². The summed E-state index contributed by atoms with van der Waals surface area (Å²) in [6.45, 7) is 2.67. The first kappa shape index (κ1) is 17.8. The van der Waals surface area contributed by atoms with Crippen molar-refractivity contribution in [2.75, 3.05) is 26.5 Å². The van der Waals surface area contributed by atoms with Gasteiger partial charge in [0, 0.05) is 30.1 Å². The monoisotopic (exact) mass is 366 g/mol. The zero-order chi connectivity index (χ0) is 18.2. The van der Waals surface area contributed by atoms with Crippen LogP contribution in [0.25, 0.3) is 11.0 Å². The van der Waals surface area contributed by atoms with E-state index in [4.69, 9.17) is 9.15 Å². The molecule has 3 rings (SSSR count). The fraction of sp³-hybridized carbons (Fsp3) is 0.471. The summed E-state index contributed by atoms with van der Waals surface area (Å²) in [6.07, 6.45) is 2.38. The van der Waals surface area contributed by atoms with Gasteiger partial charge in [-0.3, -0.25) is 4.79 Å². The Morgan fingerprint density at radius 2 is 2.00 bits per heavy atom. The maximum absolute atomic E-state index is 12.6. The number of hydrogen-bond acceptors (Lipinski definition) is 5. The van der Waals surface area contributed by atoms with E-state index in [1.807, 2.05) is 13.0 Å². The number of furan rings is 1. The zero-order valence-corrected chi connectivity index (χ0v) is 15.4. The molecule has 0 saturated carbocycles. The Balaban J connectivity index is 1.72. The standard InChI is InChI=1S/C17H22N2O5S/c1-11-14-10-13(23-2)4-5-15(14)24-16(11)17(20)18-12-6-8-19(9-7-12)25(3,21)22/h4-5,10,12H,6-9H2,1-3H3,(H,18,20). The SMILES string of the molecule is COc1ccc2oc(C(=O)NC3CCN(S(C)(=O)=O)CC3)c(C)c2c1. The molecule has 136 valence electrons. The van der Waals surface area contributed by atoms with Gasteiger partial charge >= 0.3 is 0 Å². The van der Waals surface area contributed by atoms with Crippen molar-refractivity contribution in [3.63, 3.8) is 0 Å². The van der Waals surface area contributed by atoms with E-state index in [-0.39, 0.29) is 17.7 Å². The zero-order valence-electron chi connectivity index (χ0n) is 14.5. The first-order valence-electron chi connectivity index (χ1n) is 8.12. The molecular formula is C17H22N2O5S. The first-order valence-corrected chi connectivity index (χ1v) is 9.97. The molecule has 1 aliphatic rings. The molecule has 7 nitrogen and oxygen atoms in total. The number of rotatable bonds is 4. The fourth-order valence-corrected chi connectivity index (χ4v) is 4.00. The molecular weight excluding hydrogens is 344 g/mol. The average Bonchev–Trinajstić information content (AvgIpc) is 2.91. The van der Waals surface area contributed by atoms with Crippen LogP contribution in [0.3, 0.4) is 0 Å². The molecule has 1 aromatic heterocycles. The smallest absolute Gasteiger partial charge is 0.287 e. The van der Waals surface area contributed by atoms with Crippen LogP contribution < -0.4 is 10.1 Å². The number of carbonyl (C=O) groups excluding carboxylic acids is 1. The molecule has 0 spiro atoms. The Kier molecular flexibility index (Phi) is 4.75. The van der Waals surface area contributed by atoms with Crippen LogP contribution in [0.4, 0.5) is 0 Å². The molecule has 0 bridgehead atoms. The molecule has 0 aliphatic carbocycles. The van der Waals surface area contributed by atoms with Gasteiger partial charge < -0.3 is 14.5 Å². The number of ether oxygens (including phenoxy) is 1. The lowest BCUT2D eigenvalue weighted by Gasteiger charge is -2.30. The van der Waals surface area contributed by atoms with Gasteiger partial charge in [-0.2, -0.15) is 0 Å². The number of carbonyl (C=O) groups is 1. The third-order valence-corrected chi connectivity index (χ3v) is 5.91. The highest BCUT2D eigenvalue weighted by atomic mass is 32.2. The first-order chi connectivity index (χ1) is 11.8. The molecule has 2 aromatic rings. The number of nitrogens with one attached hydrogen (secondary N) is 1. The predicted molar refractivity (Wildman–Crippen MR) is 94.4 cm³/mol. The summed E-state index contributed by atoms with van der Waals surface area (Å²) in [4.78, 5) is 12.6. The Labute approximate surface area is 147 Å². The van der Waals surface area contributed by atoms with Crippen LogP contribution in [0.1, 0.15) is 29.0 Å². The molecule has 1 saturated heterocycles. The van der Waals surface area contributed by atoms with Crippen molar-refractivity contribution < 1.29 is 22.4 Å². The van der Waals surface area contributed by atoms with Crippen molar-refractivity contribution in [1.29, 1.82) is 0 Å². The van der Waals surface area contributed by atoms with E-state index < -0.39 is 10.0 Å². The lowest BCUT2D eigenvalue weighted by atomic mass is 10.1. The Bertz CT molecular complexity index is 895. The quantitative estimate of drug-likeness (QED) is 0.893. The van der Waals surface area contributed by atoms with E-state index >= 15 is 0 Å². The maximum Gasteiger partial charge on any atom is 0.287 e. The van der Waals surface area contributed by atoms with Gasteiger partial charge in [0.2, 0.25) is 10.0 Å². The van der Waals surface area contributed by atoms with E-state index in [1.165, 1.54) is 10.6 Å². The van der Waals surface area contributed by atoms with Crippen LogP contribution in [0.5, 0.6) is 5.75 Å². The number of methoxy groups -OCH3 is 1. The minimum absolute atomic E-state index is 0.0624. The van der Waals surface area contributed by atoms with E-state index in [1.54, 1.807) is 19.2 Å². The fourth-order valence-electron chi connectivity index (χ4n) is 3.13. The van der Waals surface area contributed by atoms with Crippen LogP contribution in [0, 0.1) is 6.92 Å². The third-order valence-electron chi connectivity index (χ3n) is 4.61. The summed E-state index contributed by atoms with van der Waals surface area (Å²) in [5.41, 5.74) is 1.40. The van der Waals surface area contributed by atoms with E-state index in [2.05, 4.69) is 5.32 Å². The highest BCUT2D eigenvalue weighted by Gasteiger charge is 2.27. The second kappa shape index (κ2) is 6.68. The number of fused-ring (bicyclic) bond motifs is 1. The average molecular weight is 366 g/mol. The van der Waals surface area contributed by atoms with Crippen molar-refractivity contribution in [2.45, 2.75) is 25.8 Å². The van der Waals surface area contributed by atoms with Gasteiger partial charge in [0.15, 0.2) is 5.76 Å². The van der Waals surface area contributed by atoms with Crippen molar-refractivity contribution in [2.24, 2.45) is 0 Å². The Morgan fingerprint density at radius 3 is 2.60 bits per heavy atom. The minimum Gasteiger partial charge on any atom is -0.497 e. The number of piperidine rings is 1. The van der Waals surface area contributed by atoms with E-state index in [0.717, 1.165) is 10.9 Å². The molecule has 1 N–H and O–H groups in total. The Hall–Kier alpha value is -2.06. The van der Waals surface area contributed by atoms with Crippen molar-refractivity contribution in [1.82, 2.24) is 9.62 Å². The molecule has 1 aromatic carbocycles. The van der Waals surface area contributed by atoms with Gasteiger partial charge in [-0.25, -0.2) is 12.7 Å². The van der Waals surface area contributed by atoms with Crippen molar-refractivity contribution in [3.8, 4) is 5.75 Å². The molecule has 8 heteroatoms. The highest BCUT2D eigenvalue weighted by molar-refractivity contribution is 7.88. The lowest BCUT2D eigenvalue weighted by molar-refractivity contribution is 0.0897. The number of sulfonamides is 1. The molecule has 0 radical (unpaired) electrons. The molecule has 1 aliphatic heterocycles. The van der Waals surface area contributed by atoms with Gasteiger partial charge in [0.1, 0.15) is 11.3 Å². The Morgan fingerprint density at radius 1 is 1.32 bits per heavy atom. The summed E-state index contributed by atoms with van der Waals surface area (Å²) in [5, 5.41) is 3.80. The molecule has 2 heterocycles. The summed E-state index contributed by atoms with van der Waals surface area (Å²) in [7, 11) is -1.58. The summed E-state index contributed by atoms with van der Waals surface area (Å²) in [5.74, 6) is 0.718.